The van der Waals surface area contributed by atoms with E-state index in [-0.39, 0.29) is 0 Å². The molecule has 0 saturated heterocycles. The van der Waals surface area contributed by atoms with Crippen LogP contribution in [0.15, 0.2) is 24.3 Å². The van der Waals surface area contributed by atoms with Crippen molar-refractivity contribution >= 4 is 10.9 Å². The van der Waals surface area contributed by atoms with Crippen LogP contribution in [-0.4, -0.2) is 16.8 Å². The molecule has 1 aromatic heterocycles. The van der Waals surface area contributed by atoms with Gasteiger partial charge in [-0.25, -0.2) is 0 Å². The Hall–Kier alpha value is -1.35. The standard InChI is InChI=1S/C15H23N3/c1-11(2)9-10-13(16-3)15-12-7-5-6-8-14(12)18(4)17-15/h5-8,11,13,16H,9-10H2,1-4H3. The van der Waals surface area contributed by atoms with Crippen LogP contribution >= 0.6 is 0 Å². The molecule has 1 N–H and O–H groups in total. The van der Waals surface area contributed by atoms with Gasteiger partial charge < -0.3 is 5.32 Å². The van der Waals surface area contributed by atoms with Crippen LogP contribution in [0.5, 0.6) is 0 Å². The van der Waals surface area contributed by atoms with Gasteiger partial charge in [-0.15, -0.1) is 0 Å². The van der Waals surface area contributed by atoms with E-state index in [1.807, 2.05) is 18.8 Å². The lowest BCUT2D eigenvalue weighted by Crippen LogP contribution is -2.18. The molecule has 0 aliphatic heterocycles. The van der Waals surface area contributed by atoms with Gasteiger partial charge in [0.25, 0.3) is 0 Å². The maximum Gasteiger partial charge on any atom is 0.0872 e. The molecular weight excluding hydrogens is 222 g/mol. The molecule has 1 atom stereocenters. The molecule has 0 bridgehead atoms. The molecule has 0 aliphatic carbocycles. The normalized spacial score (nSPS) is 13.4. The predicted molar refractivity (Wildman–Crippen MR) is 76.6 cm³/mol. The summed E-state index contributed by atoms with van der Waals surface area (Å²) in [6.45, 7) is 4.53. The third-order valence-electron chi connectivity index (χ3n) is 3.50. The number of fused-ring (bicyclic) bond motifs is 1. The number of nitrogens with one attached hydrogen (secondary N) is 1. The Kier molecular flexibility index (Phi) is 4.02. The lowest BCUT2D eigenvalue weighted by molar-refractivity contribution is 0.456. The fraction of sp³-hybridized carbons (Fsp3) is 0.533. The molecule has 1 aromatic carbocycles. The molecule has 1 unspecified atom stereocenters. The average molecular weight is 245 g/mol. The van der Waals surface area contributed by atoms with Gasteiger partial charge in [-0.2, -0.15) is 5.10 Å². The van der Waals surface area contributed by atoms with Gasteiger partial charge in [-0.05, 0) is 31.9 Å². The van der Waals surface area contributed by atoms with E-state index in [4.69, 9.17) is 5.10 Å². The first-order chi connectivity index (χ1) is 8.63. The zero-order valence-electron chi connectivity index (χ0n) is 11.8. The first kappa shape index (κ1) is 13.1. The number of hydrogen-bond donors (Lipinski definition) is 1. The summed E-state index contributed by atoms with van der Waals surface area (Å²) >= 11 is 0. The number of benzene rings is 1. The molecular formula is C15H23N3. The number of hydrogen-bond acceptors (Lipinski definition) is 2. The zero-order chi connectivity index (χ0) is 13.1. The third-order valence-corrected chi connectivity index (χ3v) is 3.50. The Balaban J connectivity index is 2.33. The van der Waals surface area contributed by atoms with E-state index in [1.54, 1.807) is 0 Å². The van der Waals surface area contributed by atoms with Crippen molar-refractivity contribution in [3.63, 3.8) is 0 Å². The monoisotopic (exact) mass is 245 g/mol. The molecule has 0 amide bonds. The van der Waals surface area contributed by atoms with Gasteiger partial charge in [0.2, 0.25) is 0 Å². The Morgan fingerprint density at radius 3 is 2.61 bits per heavy atom. The zero-order valence-corrected chi connectivity index (χ0v) is 11.8. The first-order valence-corrected chi connectivity index (χ1v) is 6.72. The van der Waals surface area contributed by atoms with E-state index in [9.17, 15) is 0 Å². The van der Waals surface area contributed by atoms with E-state index < -0.39 is 0 Å². The first-order valence-electron chi connectivity index (χ1n) is 6.72. The van der Waals surface area contributed by atoms with E-state index in [2.05, 4.69) is 43.4 Å². The highest BCUT2D eigenvalue weighted by atomic mass is 15.3. The maximum absolute atomic E-state index is 4.69. The highest BCUT2D eigenvalue weighted by Crippen LogP contribution is 2.26. The summed E-state index contributed by atoms with van der Waals surface area (Å²) in [6.07, 6.45) is 2.35. The van der Waals surface area contributed by atoms with Crippen molar-refractivity contribution in [3.05, 3.63) is 30.0 Å². The van der Waals surface area contributed by atoms with E-state index in [1.165, 1.54) is 23.0 Å². The van der Waals surface area contributed by atoms with Crippen molar-refractivity contribution in [2.24, 2.45) is 13.0 Å². The lowest BCUT2D eigenvalue weighted by atomic mass is 9.99. The summed E-state index contributed by atoms with van der Waals surface area (Å²) in [6, 6.07) is 8.79. The van der Waals surface area contributed by atoms with E-state index >= 15 is 0 Å². The number of aromatic nitrogens is 2. The SMILES string of the molecule is CNC(CCC(C)C)c1nn(C)c2ccccc12. The minimum atomic E-state index is 0.346. The van der Waals surface area contributed by atoms with E-state index in [0.29, 0.717) is 6.04 Å². The summed E-state index contributed by atoms with van der Waals surface area (Å²) in [4.78, 5) is 0. The molecule has 0 aliphatic rings. The number of para-hydroxylation sites is 1. The number of aryl methyl sites for hydroxylation is 1. The summed E-state index contributed by atoms with van der Waals surface area (Å²) in [5, 5.41) is 9.36. The molecule has 0 spiro atoms. The fourth-order valence-corrected chi connectivity index (χ4v) is 2.42. The van der Waals surface area contributed by atoms with Crippen LogP contribution < -0.4 is 5.32 Å². The van der Waals surface area contributed by atoms with Crippen LogP contribution in [0.25, 0.3) is 10.9 Å². The van der Waals surface area contributed by atoms with Crippen LogP contribution in [0.4, 0.5) is 0 Å². The van der Waals surface area contributed by atoms with Gasteiger partial charge in [0.1, 0.15) is 0 Å². The highest BCUT2D eigenvalue weighted by Gasteiger charge is 2.17. The second-order valence-electron chi connectivity index (χ2n) is 5.34. The Morgan fingerprint density at radius 1 is 1.22 bits per heavy atom. The van der Waals surface area contributed by atoms with Crippen molar-refractivity contribution in [2.75, 3.05) is 7.05 Å². The van der Waals surface area contributed by atoms with Crippen LogP contribution in [0.2, 0.25) is 0 Å². The van der Waals surface area contributed by atoms with Crippen LogP contribution in [0.3, 0.4) is 0 Å². The summed E-state index contributed by atoms with van der Waals surface area (Å²) in [5.41, 5.74) is 2.38. The lowest BCUT2D eigenvalue weighted by Gasteiger charge is -2.15. The topological polar surface area (TPSA) is 29.9 Å². The summed E-state index contributed by atoms with van der Waals surface area (Å²) in [7, 11) is 4.04. The predicted octanol–water partition coefficient (Wildman–Crippen LogP) is 3.27. The fourth-order valence-electron chi connectivity index (χ4n) is 2.42. The molecule has 18 heavy (non-hydrogen) atoms. The van der Waals surface area contributed by atoms with Crippen molar-refractivity contribution < 1.29 is 0 Å². The summed E-state index contributed by atoms with van der Waals surface area (Å²) < 4.78 is 1.98. The largest absolute Gasteiger partial charge is 0.312 e. The van der Waals surface area contributed by atoms with Crippen molar-refractivity contribution in [2.45, 2.75) is 32.7 Å². The van der Waals surface area contributed by atoms with Crippen LogP contribution in [-0.2, 0) is 7.05 Å². The smallest absolute Gasteiger partial charge is 0.0872 e. The Labute approximate surface area is 109 Å². The van der Waals surface area contributed by atoms with E-state index in [0.717, 1.165) is 12.3 Å². The third kappa shape index (κ3) is 2.56. The van der Waals surface area contributed by atoms with Gasteiger partial charge in [0.05, 0.1) is 17.3 Å². The van der Waals surface area contributed by atoms with Crippen LogP contribution in [0.1, 0.15) is 38.4 Å². The molecule has 0 fully saturated rings. The average Bonchev–Trinajstić information content (AvgIpc) is 2.68. The molecule has 0 radical (unpaired) electrons. The van der Waals surface area contributed by atoms with Gasteiger partial charge in [-0.3, -0.25) is 4.68 Å². The molecule has 0 saturated carbocycles. The second-order valence-corrected chi connectivity index (χ2v) is 5.34. The van der Waals surface area contributed by atoms with Crippen molar-refractivity contribution in [1.82, 2.24) is 15.1 Å². The molecule has 2 rings (SSSR count). The quantitative estimate of drug-likeness (QED) is 0.876. The molecule has 3 heteroatoms. The Bertz CT molecular complexity index is 513. The minimum Gasteiger partial charge on any atom is -0.312 e. The number of rotatable bonds is 5. The number of nitrogens with zero attached hydrogens (tertiary/aromatic N) is 2. The van der Waals surface area contributed by atoms with Gasteiger partial charge in [0, 0.05) is 12.4 Å². The molecule has 3 nitrogen and oxygen atoms in total. The Morgan fingerprint density at radius 2 is 1.94 bits per heavy atom. The van der Waals surface area contributed by atoms with Crippen molar-refractivity contribution in [3.8, 4) is 0 Å². The van der Waals surface area contributed by atoms with Crippen molar-refractivity contribution in [1.29, 1.82) is 0 Å². The highest BCUT2D eigenvalue weighted by molar-refractivity contribution is 5.82. The minimum absolute atomic E-state index is 0.346. The molecule has 98 valence electrons. The summed E-state index contributed by atoms with van der Waals surface area (Å²) in [5.74, 6) is 0.732. The molecule has 2 aromatic rings. The van der Waals surface area contributed by atoms with Gasteiger partial charge >= 0.3 is 0 Å². The second kappa shape index (κ2) is 5.53. The van der Waals surface area contributed by atoms with Gasteiger partial charge in [0.15, 0.2) is 0 Å². The van der Waals surface area contributed by atoms with Crippen LogP contribution in [0, 0.1) is 5.92 Å². The maximum atomic E-state index is 4.69. The van der Waals surface area contributed by atoms with Gasteiger partial charge in [-0.1, -0.05) is 32.0 Å². The molecule has 1 heterocycles.